The van der Waals surface area contributed by atoms with Gasteiger partial charge in [0.1, 0.15) is 22.8 Å². The molecular weight excluding hydrogens is 888 g/mol. The van der Waals surface area contributed by atoms with Crippen LogP contribution in [0.4, 0.5) is 0 Å². The van der Waals surface area contributed by atoms with E-state index in [9.17, 15) is 38.4 Å². The van der Waals surface area contributed by atoms with Crippen molar-refractivity contribution in [3.8, 4) is 11.5 Å². The largest absolute Gasteiger partial charge is 1.00 e. The quantitative estimate of drug-likeness (QED) is 0.0388. The third-order valence-electron chi connectivity index (χ3n) is 8.26. The molecular formula is C40H37Cl2N2NaO10P2S2. The monoisotopic (exact) mass is 924 g/mol. The van der Waals surface area contributed by atoms with Gasteiger partial charge in [-0.3, -0.25) is 23.5 Å². The fourth-order valence-corrected chi connectivity index (χ4v) is 10.7. The molecule has 12 nitrogen and oxygen atoms in total. The molecule has 2 heterocycles. The summed E-state index contributed by atoms with van der Waals surface area (Å²) in [5.74, 6) is -1.27. The van der Waals surface area contributed by atoms with Gasteiger partial charge in [0, 0.05) is 63.2 Å². The molecule has 2 aromatic heterocycles. The van der Waals surface area contributed by atoms with Crippen LogP contribution < -0.4 is 44.9 Å². The smallest absolute Gasteiger partial charge is 0.870 e. The number of amides is 2. The second kappa shape index (κ2) is 21.8. The third-order valence-corrected chi connectivity index (χ3v) is 13.6. The van der Waals surface area contributed by atoms with Crippen LogP contribution in [0.3, 0.4) is 0 Å². The van der Waals surface area contributed by atoms with Crippen molar-refractivity contribution in [3.05, 3.63) is 140 Å². The van der Waals surface area contributed by atoms with Crippen LogP contribution in [0.1, 0.15) is 40.5 Å². The summed E-state index contributed by atoms with van der Waals surface area (Å²) in [7, 11) is -7.63. The van der Waals surface area contributed by atoms with Crippen LogP contribution in [0.25, 0.3) is 32.3 Å². The average molecular weight is 926 g/mol. The minimum absolute atomic E-state index is 0. The topological polar surface area (TPSA) is 209 Å². The molecule has 0 saturated heterocycles. The normalized spacial score (nSPS) is 14.2. The van der Waals surface area contributed by atoms with Gasteiger partial charge >= 0.3 is 35.5 Å². The van der Waals surface area contributed by atoms with Crippen LogP contribution in [0.15, 0.2) is 108 Å². The Labute approximate surface area is 380 Å². The van der Waals surface area contributed by atoms with Gasteiger partial charge < -0.3 is 35.7 Å². The molecule has 6 rings (SSSR count). The Bertz CT molecular complexity index is 2620. The SMILES string of the molecule is CC(=O)Oc1ccccc1/C=C/NC(=O)C(c1csc2ccc(Cl)cc12)P(C)(=O)O.CP(=O)(O)C(C(=O)N/C=C/c1ccccc1O)c1csc2ccc(Cl)cc12.[Na+].[OH-]. The molecule has 0 bridgehead atoms. The molecule has 59 heavy (non-hydrogen) atoms. The van der Waals surface area contributed by atoms with Gasteiger partial charge in [-0.15, -0.1) is 22.7 Å². The van der Waals surface area contributed by atoms with Crippen molar-refractivity contribution in [1.82, 2.24) is 10.6 Å². The van der Waals surface area contributed by atoms with E-state index < -0.39 is 43.8 Å². The van der Waals surface area contributed by atoms with E-state index in [1.165, 1.54) is 54.1 Å². The summed E-state index contributed by atoms with van der Waals surface area (Å²) in [5.41, 5.74) is -0.458. The molecule has 0 spiro atoms. The van der Waals surface area contributed by atoms with Crippen molar-refractivity contribution in [1.29, 1.82) is 0 Å². The van der Waals surface area contributed by atoms with Gasteiger partial charge in [0.2, 0.25) is 26.6 Å². The van der Waals surface area contributed by atoms with Crippen LogP contribution >= 0.6 is 60.6 Å². The standard InChI is InChI=1S/C21H19ClNO5PS.C19H17ClNO4PS.Na.H2O/c1-13(24)28-18-6-4-3-5-14(18)9-10-23-21(25)20(29(2,26)27)17-12-30-19-8-7-15(22)11-16(17)19;1-26(24,25)18(15-11-27-17-7-6-13(20)10-14(15)17)19(23)21-9-8-12-4-2-3-5-16(12)22;;/h3-12,20H,1-2H3,(H,23,25)(H,26,27);2-11,18,22H,1H3,(H,21,23)(H,24,25);;1H2/q;;+1;/p-1/b10-9+;9-8+;;. The van der Waals surface area contributed by atoms with Crippen LogP contribution in [-0.2, 0) is 23.5 Å². The van der Waals surface area contributed by atoms with Gasteiger partial charge in [-0.25, -0.2) is 0 Å². The molecule has 4 unspecified atom stereocenters. The van der Waals surface area contributed by atoms with E-state index >= 15 is 0 Å². The Morgan fingerprint density at radius 3 is 1.58 bits per heavy atom. The van der Waals surface area contributed by atoms with E-state index in [1.54, 1.807) is 83.6 Å². The second-order valence-electron chi connectivity index (χ2n) is 12.7. The van der Waals surface area contributed by atoms with E-state index in [1.807, 2.05) is 12.1 Å². The zero-order valence-electron chi connectivity index (χ0n) is 31.9. The maximum Gasteiger partial charge on any atom is 1.00 e. The number of halogens is 2. The first-order chi connectivity index (χ1) is 26.9. The predicted molar refractivity (Wildman–Crippen MR) is 233 cm³/mol. The van der Waals surface area contributed by atoms with Crippen LogP contribution in [-0.4, -0.2) is 51.5 Å². The molecule has 0 fully saturated rings. The molecule has 6 aromatic rings. The van der Waals surface area contributed by atoms with Gasteiger partial charge in [-0.1, -0.05) is 59.6 Å². The number of phenolic OH excluding ortho intramolecular Hbond substituents is 1. The number of ether oxygens (including phenoxy) is 1. The van der Waals surface area contributed by atoms with Gasteiger partial charge in [0.25, 0.3) is 0 Å². The summed E-state index contributed by atoms with van der Waals surface area (Å²) in [6, 6.07) is 23.9. The molecule has 0 saturated carbocycles. The van der Waals surface area contributed by atoms with Gasteiger partial charge in [0.15, 0.2) is 0 Å². The Morgan fingerprint density at radius 2 is 1.14 bits per heavy atom. The van der Waals surface area contributed by atoms with Crippen molar-refractivity contribution in [2.24, 2.45) is 0 Å². The van der Waals surface area contributed by atoms with Crippen LogP contribution in [0.5, 0.6) is 11.5 Å². The molecule has 4 aromatic carbocycles. The Morgan fingerprint density at radius 1 is 0.712 bits per heavy atom. The number of nitrogens with one attached hydrogen (secondary N) is 2. The van der Waals surface area contributed by atoms with Crippen LogP contribution in [0, 0.1) is 0 Å². The molecule has 0 aliphatic heterocycles. The number of esters is 1. The number of carbonyl (C=O) groups excluding carboxylic acids is 3. The summed E-state index contributed by atoms with van der Waals surface area (Å²) in [6.07, 6.45) is 5.77. The van der Waals surface area contributed by atoms with Gasteiger partial charge in [-0.05, 0) is 93.3 Å². The van der Waals surface area contributed by atoms with E-state index in [4.69, 9.17) is 27.9 Å². The number of rotatable bonds is 11. The molecule has 0 aliphatic rings. The number of benzene rings is 4. The summed E-state index contributed by atoms with van der Waals surface area (Å²) in [5, 5.41) is 20.6. The van der Waals surface area contributed by atoms with Crippen molar-refractivity contribution in [3.63, 3.8) is 0 Å². The van der Waals surface area contributed by atoms with Gasteiger partial charge in [-0.2, -0.15) is 0 Å². The van der Waals surface area contributed by atoms with Crippen molar-refractivity contribution >= 4 is 111 Å². The van der Waals surface area contributed by atoms with E-state index in [-0.39, 0.29) is 40.8 Å². The van der Waals surface area contributed by atoms with E-state index in [2.05, 4.69) is 10.6 Å². The first-order valence-electron chi connectivity index (χ1n) is 16.9. The number of hydrogen-bond acceptors (Lipinski definition) is 10. The predicted octanol–water partition coefficient (Wildman–Crippen LogP) is 7.02. The minimum Gasteiger partial charge on any atom is -0.870 e. The van der Waals surface area contributed by atoms with E-state index in [0.717, 1.165) is 22.7 Å². The summed E-state index contributed by atoms with van der Waals surface area (Å²) in [4.78, 5) is 57.3. The molecule has 4 atom stereocenters. The number of para-hydroxylation sites is 2. The zero-order valence-corrected chi connectivity index (χ0v) is 38.8. The maximum absolute atomic E-state index is 12.9. The van der Waals surface area contributed by atoms with Crippen molar-refractivity contribution in [2.45, 2.75) is 18.2 Å². The van der Waals surface area contributed by atoms with Crippen molar-refractivity contribution in [2.75, 3.05) is 13.3 Å². The fraction of sp³-hybridized carbons (Fsp3) is 0.125. The van der Waals surface area contributed by atoms with Crippen molar-refractivity contribution < 1.29 is 78.2 Å². The molecule has 2 amide bonds. The fourth-order valence-electron chi connectivity index (χ4n) is 5.78. The van der Waals surface area contributed by atoms with E-state index in [0.29, 0.717) is 48.8 Å². The first kappa shape index (κ1) is 49.8. The number of thiophene rings is 2. The summed E-state index contributed by atoms with van der Waals surface area (Å²) >= 11 is 14.9. The summed E-state index contributed by atoms with van der Waals surface area (Å²) < 4.78 is 31.9. The van der Waals surface area contributed by atoms with Gasteiger partial charge in [0.05, 0.1) is 0 Å². The zero-order chi connectivity index (χ0) is 41.5. The Hall–Kier alpha value is -3.59. The number of carbonyl (C=O) groups is 3. The number of aromatic hydroxyl groups is 1. The maximum atomic E-state index is 12.9. The number of phenols is 1. The minimum atomic E-state index is -3.83. The first-order valence-corrected chi connectivity index (χ1v) is 23.7. The Balaban J connectivity index is 0.000000306. The molecule has 6 N–H and O–H groups in total. The third kappa shape index (κ3) is 13.2. The summed E-state index contributed by atoms with van der Waals surface area (Å²) in [6.45, 7) is 3.62. The molecule has 0 radical (unpaired) electrons. The molecule has 0 aliphatic carbocycles. The number of hydrogen-bond donors (Lipinski definition) is 5. The second-order valence-corrected chi connectivity index (χ2v) is 20.2. The molecule has 304 valence electrons. The Kier molecular flexibility index (Phi) is 18.4. The van der Waals surface area contributed by atoms with Crippen LogP contribution in [0.2, 0.25) is 10.0 Å². The average Bonchev–Trinajstić information content (AvgIpc) is 3.72. The molecule has 19 heteroatoms. The number of fused-ring (bicyclic) bond motifs is 2.